The van der Waals surface area contributed by atoms with Crippen LogP contribution in [0, 0.1) is 11.3 Å². The quantitative estimate of drug-likeness (QED) is 0.846. The fourth-order valence-electron chi connectivity index (χ4n) is 1.63. The van der Waals surface area contributed by atoms with Crippen molar-refractivity contribution in [3.05, 3.63) is 35.4 Å². The number of aryl methyl sites for hydroxylation is 1. The minimum atomic E-state index is -0.475. The Morgan fingerprint density at radius 3 is 2.68 bits per heavy atom. The Morgan fingerprint density at radius 2 is 2.05 bits per heavy atom. The second-order valence-corrected chi connectivity index (χ2v) is 5.30. The number of hydrogen-bond donors (Lipinski definition) is 1. The standard InChI is InChI=1S/C15H20N2O2/c1-15(2,3)19-14(18)17-10-6-9-12-7-4-5-8-13(12)11-16/h4-5,7-8H,6,9-10H2,1-3H3,(H,17,18). The van der Waals surface area contributed by atoms with E-state index >= 15 is 0 Å². The highest BCUT2D eigenvalue weighted by Crippen LogP contribution is 2.10. The lowest BCUT2D eigenvalue weighted by atomic mass is 10.0. The van der Waals surface area contributed by atoms with Crippen LogP contribution < -0.4 is 5.32 Å². The predicted molar refractivity (Wildman–Crippen MR) is 73.7 cm³/mol. The summed E-state index contributed by atoms with van der Waals surface area (Å²) in [4.78, 5) is 11.4. The smallest absolute Gasteiger partial charge is 0.407 e. The van der Waals surface area contributed by atoms with Crippen molar-refractivity contribution >= 4 is 6.09 Å². The summed E-state index contributed by atoms with van der Waals surface area (Å²) < 4.78 is 5.13. The number of nitriles is 1. The van der Waals surface area contributed by atoms with E-state index in [4.69, 9.17) is 10.00 Å². The van der Waals surface area contributed by atoms with Crippen molar-refractivity contribution in [2.45, 2.75) is 39.2 Å². The van der Waals surface area contributed by atoms with E-state index in [1.807, 2.05) is 39.0 Å². The van der Waals surface area contributed by atoms with Crippen LogP contribution in [0.1, 0.15) is 38.3 Å². The lowest BCUT2D eigenvalue weighted by molar-refractivity contribution is 0.0527. The molecule has 1 aromatic carbocycles. The highest BCUT2D eigenvalue weighted by Gasteiger charge is 2.15. The van der Waals surface area contributed by atoms with E-state index in [-0.39, 0.29) is 0 Å². The average molecular weight is 260 g/mol. The molecule has 19 heavy (non-hydrogen) atoms. The van der Waals surface area contributed by atoms with Gasteiger partial charge in [0.15, 0.2) is 0 Å². The number of carbonyl (C=O) groups excluding carboxylic acids is 1. The van der Waals surface area contributed by atoms with Crippen LogP contribution >= 0.6 is 0 Å². The van der Waals surface area contributed by atoms with Crippen molar-refractivity contribution in [3.8, 4) is 6.07 Å². The van der Waals surface area contributed by atoms with Gasteiger partial charge in [0.2, 0.25) is 0 Å². The molecular formula is C15H20N2O2. The molecule has 0 unspecified atom stereocenters. The molecule has 0 radical (unpaired) electrons. The van der Waals surface area contributed by atoms with Crippen molar-refractivity contribution in [3.63, 3.8) is 0 Å². The van der Waals surface area contributed by atoms with Crippen LogP contribution in [0.3, 0.4) is 0 Å². The minimum Gasteiger partial charge on any atom is -0.444 e. The number of hydrogen-bond acceptors (Lipinski definition) is 3. The van der Waals surface area contributed by atoms with Gasteiger partial charge in [-0.05, 0) is 45.2 Å². The third-order valence-corrected chi connectivity index (χ3v) is 2.43. The molecule has 0 saturated heterocycles. The second kappa shape index (κ2) is 6.79. The normalized spacial score (nSPS) is 10.6. The van der Waals surface area contributed by atoms with Crippen LogP contribution in [0.15, 0.2) is 24.3 Å². The molecule has 0 aliphatic heterocycles. The van der Waals surface area contributed by atoms with Gasteiger partial charge in [0.25, 0.3) is 0 Å². The van der Waals surface area contributed by atoms with Gasteiger partial charge in [-0.2, -0.15) is 5.26 Å². The molecule has 0 aliphatic rings. The lowest BCUT2D eigenvalue weighted by Gasteiger charge is -2.19. The van der Waals surface area contributed by atoms with Crippen molar-refractivity contribution in [2.24, 2.45) is 0 Å². The van der Waals surface area contributed by atoms with Crippen LogP contribution in [0.25, 0.3) is 0 Å². The molecule has 1 aromatic rings. The van der Waals surface area contributed by atoms with Crippen LogP contribution in [0.2, 0.25) is 0 Å². The summed E-state index contributed by atoms with van der Waals surface area (Å²) in [6.45, 7) is 6.02. The Hall–Kier alpha value is -2.02. The Kier molecular flexibility index (Phi) is 5.37. The van der Waals surface area contributed by atoms with Crippen molar-refractivity contribution in [1.82, 2.24) is 5.32 Å². The summed E-state index contributed by atoms with van der Waals surface area (Å²) in [5.41, 5.74) is 1.23. The van der Waals surface area contributed by atoms with Gasteiger partial charge < -0.3 is 10.1 Å². The Morgan fingerprint density at radius 1 is 1.37 bits per heavy atom. The molecule has 0 aromatic heterocycles. The Balaban J connectivity index is 2.32. The minimum absolute atomic E-state index is 0.402. The third-order valence-electron chi connectivity index (χ3n) is 2.43. The zero-order valence-corrected chi connectivity index (χ0v) is 11.7. The van der Waals surface area contributed by atoms with Crippen molar-refractivity contribution < 1.29 is 9.53 Å². The number of ether oxygens (including phenoxy) is 1. The topological polar surface area (TPSA) is 62.1 Å². The molecule has 0 heterocycles. The molecule has 4 nitrogen and oxygen atoms in total. The molecule has 0 fully saturated rings. The monoisotopic (exact) mass is 260 g/mol. The number of benzene rings is 1. The van der Waals surface area contributed by atoms with Crippen LogP contribution in [0.5, 0.6) is 0 Å². The highest BCUT2D eigenvalue weighted by molar-refractivity contribution is 5.67. The maximum absolute atomic E-state index is 11.4. The fourth-order valence-corrected chi connectivity index (χ4v) is 1.63. The van der Waals surface area contributed by atoms with E-state index in [1.165, 1.54) is 0 Å². The van der Waals surface area contributed by atoms with Gasteiger partial charge in [0.05, 0.1) is 11.6 Å². The van der Waals surface area contributed by atoms with Crippen LogP contribution in [0.4, 0.5) is 4.79 Å². The van der Waals surface area contributed by atoms with Gasteiger partial charge in [0.1, 0.15) is 5.60 Å². The molecule has 1 N–H and O–H groups in total. The van der Waals surface area contributed by atoms with E-state index < -0.39 is 11.7 Å². The van der Waals surface area contributed by atoms with E-state index in [1.54, 1.807) is 6.07 Å². The van der Waals surface area contributed by atoms with Gasteiger partial charge >= 0.3 is 6.09 Å². The number of carbonyl (C=O) groups is 1. The zero-order chi connectivity index (χ0) is 14.3. The second-order valence-electron chi connectivity index (χ2n) is 5.30. The first-order chi connectivity index (χ1) is 8.92. The first kappa shape index (κ1) is 15.0. The maximum atomic E-state index is 11.4. The highest BCUT2D eigenvalue weighted by atomic mass is 16.6. The molecule has 0 atom stereocenters. The van der Waals surface area contributed by atoms with Gasteiger partial charge in [-0.25, -0.2) is 4.79 Å². The van der Waals surface area contributed by atoms with E-state index in [0.29, 0.717) is 12.1 Å². The molecule has 102 valence electrons. The average Bonchev–Trinajstić information content (AvgIpc) is 2.33. The summed E-state index contributed by atoms with van der Waals surface area (Å²) in [6, 6.07) is 9.67. The molecule has 0 spiro atoms. The van der Waals surface area contributed by atoms with Gasteiger partial charge in [-0.1, -0.05) is 18.2 Å². The van der Waals surface area contributed by atoms with Crippen molar-refractivity contribution in [1.29, 1.82) is 5.26 Å². The van der Waals surface area contributed by atoms with Gasteiger partial charge in [-0.3, -0.25) is 0 Å². The SMILES string of the molecule is CC(C)(C)OC(=O)NCCCc1ccccc1C#N. The van der Waals surface area contributed by atoms with E-state index in [2.05, 4.69) is 11.4 Å². The molecule has 0 saturated carbocycles. The van der Waals surface area contributed by atoms with Crippen LogP contribution in [-0.2, 0) is 11.2 Å². The summed E-state index contributed by atoms with van der Waals surface area (Å²) in [5, 5.41) is 11.7. The number of nitrogens with one attached hydrogen (secondary N) is 1. The first-order valence-corrected chi connectivity index (χ1v) is 6.37. The third kappa shape index (κ3) is 5.91. The largest absolute Gasteiger partial charge is 0.444 e. The fraction of sp³-hybridized carbons (Fsp3) is 0.467. The zero-order valence-electron chi connectivity index (χ0n) is 11.7. The van der Waals surface area contributed by atoms with Gasteiger partial charge in [-0.15, -0.1) is 0 Å². The number of amides is 1. The lowest BCUT2D eigenvalue weighted by Crippen LogP contribution is -2.33. The molecule has 1 amide bonds. The summed E-state index contributed by atoms with van der Waals surface area (Å²) in [5.74, 6) is 0. The van der Waals surface area contributed by atoms with Crippen molar-refractivity contribution in [2.75, 3.05) is 6.54 Å². The number of nitrogens with zero attached hydrogens (tertiary/aromatic N) is 1. The van der Waals surface area contributed by atoms with E-state index in [9.17, 15) is 4.79 Å². The molecule has 1 rings (SSSR count). The number of rotatable bonds is 4. The maximum Gasteiger partial charge on any atom is 0.407 e. The Labute approximate surface area is 114 Å². The molecule has 0 aliphatic carbocycles. The summed E-state index contributed by atoms with van der Waals surface area (Å²) in [7, 11) is 0. The summed E-state index contributed by atoms with van der Waals surface area (Å²) in [6.07, 6.45) is 1.14. The predicted octanol–water partition coefficient (Wildman–Crippen LogP) is 3.02. The molecule has 4 heteroatoms. The first-order valence-electron chi connectivity index (χ1n) is 6.37. The van der Waals surface area contributed by atoms with E-state index in [0.717, 1.165) is 18.4 Å². The molecular weight excluding hydrogens is 240 g/mol. The summed E-state index contributed by atoms with van der Waals surface area (Å²) >= 11 is 0. The molecule has 0 bridgehead atoms. The van der Waals surface area contributed by atoms with Crippen LogP contribution in [-0.4, -0.2) is 18.2 Å². The Bertz CT molecular complexity index is 470. The number of alkyl carbamates (subject to hydrolysis) is 1. The van der Waals surface area contributed by atoms with Gasteiger partial charge in [0, 0.05) is 6.54 Å².